The number of H-pyrrole nitrogens is 1. The van der Waals surface area contributed by atoms with Crippen LogP contribution in [0.1, 0.15) is 58.1 Å². The molecule has 1 amide bonds. The number of hydrogen-bond donors (Lipinski definition) is 2. The SMILES string of the molecule is CC1(C(=O)N2CCC(C(C)(C)C(O)c3cc(Cl)cc4cn[nH]c34)CC2)CC1. The minimum absolute atomic E-state index is 0.102. The van der Waals surface area contributed by atoms with Gasteiger partial charge in [0.15, 0.2) is 0 Å². The summed E-state index contributed by atoms with van der Waals surface area (Å²) < 4.78 is 0. The molecule has 2 fully saturated rings. The average Bonchev–Trinajstić information content (AvgIpc) is 3.23. The van der Waals surface area contributed by atoms with E-state index in [1.54, 1.807) is 6.20 Å². The Bertz CT molecular complexity index is 863. The average molecular weight is 390 g/mol. The molecule has 2 aliphatic rings. The molecular weight excluding hydrogens is 362 g/mol. The molecular formula is C21H28ClN3O2. The van der Waals surface area contributed by atoms with Gasteiger partial charge in [-0.1, -0.05) is 32.4 Å². The van der Waals surface area contributed by atoms with Gasteiger partial charge in [0.1, 0.15) is 0 Å². The third-order valence-electron chi connectivity index (χ3n) is 6.89. The van der Waals surface area contributed by atoms with Crippen molar-refractivity contribution < 1.29 is 9.90 Å². The lowest BCUT2D eigenvalue weighted by molar-refractivity contribution is -0.139. The van der Waals surface area contributed by atoms with Crippen LogP contribution in [-0.2, 0) is 4.79 Å². The number of aliphatic hydroxyl groups excluding tert-OH is 1. The molecule has 1 unspecified atom stereocenters. The second kappa shape index (κ2) is 6.49. The number of nitrogens with one attached hydrogen (secondary N) is 1. The summed E-state index contributed by atoms with van der Waals surface area (Å²) >= 11 is 6.27. The van der Waals surface area contributed by atoms with E-state index in [-0.39, 0.29) is 10.8 Å². The molecule has 1 aliphatic heterocycles. The van der Waals surface area contributed by atoms with Gasteiger partial charge in [-0.3, -0.25) is 9.89 Å². The molecule has 2 aromatic rings. The second-order valence-electron chi connectivity index (χ2n) is 9.18. The standard InChI is InChI=1S/C21H28ClN3O2/c1-20(2,14-4-8-25(9-5-14)19(27)21(3)6-7-21)18(26)16-11-15(22)10-13-12-23-24-17(13)16/h10-12,14,18,26H,4-9H2,1-3H3,(H,23,24). The molecule has 1 aromatic carbocycles. The van der Waals surface area contributed by atoms with Crippen LogP contribution in [0, 0.1) is 16.7 Å². The van der Waals surface area contributed by atoms with Gasteiger partial charge in [0, 0.05) is 34.5 Å². The van der Waals surface area contributed by atoms with E-state index < -0.39 is 6.10 Å². The predicted octanol–water partition coefficient (Wildman–Crippen LogP) is 4.31. The van der Waals surface area contributed by atoms with Crippen molar-refractivity contribution in [2.45, 2.75) is 52.6 Å². The topological polar surface area (TPSA) is 69.2 Å². The van der Waals surface area contributed by atoms with Gasteiger partial charge in [-0.05, 0) is 49.1 Å². The highest BCUT2D eigenvalue weighted by molar-refractivity contribution is 6.31. The summed E-state index contributed by atoms with van der Waals surface area (Å²) in [6.07, 6.45) is 4.94. The molecule has 27 heavy (non-hydrogen) atoms. The van der Waals surface area contributed by atoms with Gasteiger partial charge >= 0.3 is 0 Å². The van der Waals surface area contributed by atoms with Gasteiger partial charge in [-0.25, -0.2) is 0 Å². The van der Waals surface area contributed by atoms with E-state index >= 15 is 0 Å². The van der Waals surface area contributed by atoms with E-state index in [9.17, 15) is 9.90 Å². The fraction of sp³-hybridized carbons (Fsp3) is 0.619. The molecule has 4 rings (SSSR count). The van der Waals surface area contributed by atoms with Crippen LogP contribution in [-0.4, -0.2) is 39.2 Å². The number of nitrogens with zero attached hydrogens (tertiary/aromatic N) is 2. The lowest BCUT2D eigenvalue weighted by Gasteiger charge is -2.44. The number of amides is 1. The Morgan fingerprint density at radius 1 is 1.37 bits per heavy atom. The van der Waals surface area contributed by atoms with Crippen molar-refractivity contribution in [3.8, 4) is 0 Å². The van der Waals surface area contributed by atoms with Gasteiger partial charge in [0.25, 0.3) is 0 Å². The first-order valence-corrected chi connectivity index (χ1v) is 10.2. The van der Waals surface area contributed by atoms with Crippen LogP contribution in [0.15, 0.2) is 18.3 Å². The fourth-order valence-corrected chi connectivity index (χ4v) is 4.73. The smallest absolute Gasteiger partial charge is 0.228 e. The largest absolute Gasteiger partial charge is 0.388 e. The van der Waals surface area contributed by atoms with Crippen LogP contribution in [0.3, 0.4) is 0 Å². The van der Waals surface area contributed by atoms with Crippen LogP contribution in [0.2, 0.25) is 5.02 Å². The lowest BCUT2D eigenvalue weighted by Crippen LogP contribution is -2.45. The predicted molar refractivity (Wildman–Crippen MR) is 106 cm³/mol. The maximum Gasteiger partial charge on any atom is 0.228 e. The zero-order valence-corrected chi connectivity index (χ0v) is 17.0. The Morgan fingerprint density at radius 2 is 2.04 bits per heavy atom. The van der Waals surface area contributed by atoms with E-state index in [4.69, 9.17) is 11.6 Å². The van der Waals surface area contributed by atoms with Crippen molar-refractivity contribution in [1.29, 1.82) is 0 Å². The molecule has 1 saturated carbocycles. The number of carbonyl (C=O) groups is 1. The monoisotopic (exact) mass is 389 g/mol. The Hall–Kier alpha value is -1.59. The molecule has 1 aliphatic carbocycles. The lowest BCUT2D eigenvalue weighted by atomic mass is 9.68. The van der Waals surface area contributed by atoms with Gasteiger partial charge in [-0.2, -0.15) is 5.10 Å². The van der Waals surface area contributed by atoms with Gasteiger partial charge in [-0.15, -0.1) is 0 Å². The zero-order chi connectivity index (χ0) is 19.4. The van der Waals surface area contributed by atoms with Crippen LogP contribution in [0.5, 0.6) is 0 Å². The van der Waals surface area contributed by atoms with E-state index in [1.807, 2.05) is 17.0 Å². The Morgan fingerprint density at radius 3 is 2.67 bits per heavy atom. The van der Waals surface area contributed by atoms with Crippen molar-refractivity contribution in [2.75, 3.05) is 13.1 Å². The van der Waals surface area contributed by atoms with Crippen LogP contribution < -0.4 is 0 Å². The normalized spacial score (nSPS) is 21.4. The molecule has 5 nitrogen and oxygen atoms in total. The second-order valence-corrected chi connectivity index (χ2v) is 9.62. The highest BCUT2D eigenvalue weighted by Crippen LogP contribution is 2.49. The number of hydrogen-bond acceptors (Lipinski definition) is 3. The summed E-state index contributed by atoms with van der Waals surface area (Å²) in [6, 6.07) is 3.69. The molecule has 6 heteroatoms. The van der Waals surface area contributed by atoms with E-state index in [0.29, 0.717) is 16.8 Å². The molecule has 1 atom stereocenters. The number of aromatic amines is 1. The Kier molecular flexibility index (Phi) is 4.51. The molecule has 146 valence electrons. The summed E-state index contributed by atoms with van der Waals surface area (Å²) in [6.45, 7) is 7.87. The third-order valence-corrected chi connectivity index (χ3v) is 7.11. The number of fused-ring (bicyclic) bond motifs is 1. The number of aliphatic hydroxyl groups is 1. The fourth-order valence-electron chi connectivity index (χ4n) is 4.50. The highest BCUT2D eigenvalue weighted by Gasteiger charge is 2.48. The van der Waals surface area contributed by atoms with E-state index in [2.05, 4.69) is 31.0 Å². The van der Waals surface area contributed by atoms with Gasteiger partial charge in [0.2, 0.25) is 5.91 Å². The van der Waals surface area contributed by atoms with E-state index in [0.717, 1.165) is 55.2 Å². The van der Waals surface area contributed by atoms with Crippen LogP contribution in [0.4, 0.5) is 0 Å². The summed E-state index contributed by atoms with van der Waals surface area (Å²) in [4.78, 5) is 14.6. The number of likely N-dealkylation sites (tertiary alicyclic amines) is 1. The molecule has 2 heterocycles. The molecule has 2 N–H and O–H groups in total. The van der Waals surface area contributed by atoms with Crippen molar-refractivity contribution in [3.63, 3.8) is 0 Å². The first-order valence-electron chi connectivity index (χ1n) is 9.82. The number of halogens is 1. The maximum atomic E-state index is 12.6. The minimum atomic E-state index is -0.660. The maximum absolute atomic E-state index is 12.6. The number of rotatable bonds is 4. The molecule has 1 saturated heterocycles. The minimum Gasteiger partial charge on any atom is -0.388 e. The first-order chi connectivity index (χ1) is 12.7. The van der Waals surface area contributed by atoms with Crippen molar-refractivity contribution in [2.24, 2.45) is 16.7 Å². The van der Waals surface area contributed by atoms with Crippen LogP contribution >= 0.6 is 11.6 Å². The quantitative estimate of drug-likeness (QED) is 0.818. The Labute approximate surface area is 165 Å². The summed E-state index contributed by atoms with van der Waals surface area (Å²) in [5.41, 5.74) is 1.20. The number of aromatic nitrogens is 2. The van der Waals surface area contributed by atoms with Gasteiger partial charge < -0.3 is 10.0 Å². The summed E-state index contributed by atoms with van der Waals surface area (Å²) in [5.74, 6) is 0.647. The number of piperidine rings is 1. The van der Waals surface area contributed by atoms with E-state index in [1.165, 1.54) is 0 Å². The Balaban J connectivity index is 1.51. The van der Waals surface area contributed by atoms with Gasteiger partial charge in [0.05, 0.1) is 17.8 Å². The van der Waals surface area contributed by atoms with Crippen molar-refractivity contribution in [1.82, 2.24) is 15.1 Å². The number of carbonyl (C=O) groups excluding carboxylic acids is 1. The third kappa shape index (κ3) is 3.25. The molecule has 0 spiro atoms. The summed E-state index contributed by atoms with van der Waals surface area (Å²) in [5, 5.41) is 19.9. The molecule has 1 aromatic heterocycles. The molecule has 0 radical (unpaired) electrons. The first kappa shape index (κ1) is 18.8. The van der Waals surface area contributed by atoms with Crippen molar-refractivity contribution in [3.05, 3.63) is 28.9 Å². The highest BCUT2D eigenvalue weighted by atomic mass is 35.5. The summed E-state index contributed by atoms with van der Waals surface area (Å²) in [7, 11) is 0. The number of benzene rings is 1. The van der Waals surface area contributed by atoms with Crippen LogP contribution in [0.25, 0.3) is 10.9 Å². The van der Waals surface area contributed by atoms with Crippen molar-refractivity contribution >= 4 is 28.4 Å². The molecule has 0 bridgehead atoms. The zero-order valence-electron chi connectivity index (χ0n) is 16.3.